The molecule has 9 nitrogen and oxygen atoms in total. The first-order chi connectivity index (χ1) is 14.1. The number of amides is 3. The third-order valence-electron chi connectivity index (χ3n) is 4.48. The topological polar surface area (TPSA) is 151 Å². The van der Waals surface area contributed by atoms with Crippen LogP contribution in [0.5, 0.6) is 0 Å². The normalized spacial score (nSPS) is 14.9. The van der Waals surface area contributed by atoms with Crippen molar-refractivity contribution in [2.45, 2.75) is 51.4 Å². The van der Waals surface area contributed by atoms with Crippen molar-refractivity contribution in [2.75, 3.05) is 5.75 Å². The molecule has 0 aliphatic rings. The Hall–Kier alpha value is -2.59. The van der Waals surface area contributed by atoms with Gasteiger partial charge in [0.25, 0.3) is 0 Å². The highest BCUT2D eigenvalue weighted by atomic mass is 32.1. The van der Waals surface area contributed by atoms with E-state index in [9.17, 15) is 19.2 Å². The summed E-state index contributed by atoms with van der Waals surface area (Å²) in [5.74, 6) is -3.09. The molecule has 0 radical (unpaired) electrons. The fourth-order valence-corrected chi connectivity index (χ4v) is 2.73. The van der Waals surface area contributed by atoms with Gasteiger partial charge in [-0.05, 0) is 18.4 Å². The maximum atomic E-state index is 12.7. The number of carboxylic acid groups (broad SMARTS) is 1. The number of nitrogens with two attached hydrogens (primary N) is 1. The highest BCUT2D eigenvalue weighted by Crippen LogP contribution is 2.05. The summed E-state index contributed by atoms with van der Waals surface area (Å²) in [6.45, 7) is 4.89. The summed E-state index contributed by atoms with van der Waals surface area (Å²) in [4.78, 5) is 48.6. The smallest absolute Gasteiger partial charge is 0.325 e. The molecule has 0 aliphatic heterocycles. The minimum Gasteiger partial charge on any atom is -0.480 e. The Balaban J connectivity index is 2.94. The minimum atomic E-state index is -1.20. The third-order valence-corrected chi connectivity index (χ3v) is 4.85. The van der Waals surface area contributed by atoms with Crippen LogP contribution in [-0.4, -0.2) is 58.7 Å². The number of rotatable bonds is 11. The van der Waals surface area contributed by atoms with E-state index >= 15 is 0 Å². The number of aliphatic carboxylic acids is 1. The van der Waals surface area contributed by atoms with Crippen molar-refractivity contribution in [3.05, 3.63) is 35.9 Å². The molecule has 3 amide bonds. The third kappa shape index (κ3) is 8.03. The van der Waals surface area contributed by atoms with Crippen molar-refractivity contribution in [3.8, 4) is 0 Å². The molecule has 10 heteroatoms. The van der Waals surface area contributed by atoms with Crippen LogP contribution in [0.2, 0.25) is 0 Å². The lowest BCUT2D eigenvalue weighted by atomic mass is 10.0. The number of thiol groups is 1. The zero-order valence-electron chi connectivity index (χ0n) is 17.3. The second kappa shape index (κ2) is 12.2. The van der Waals surface area contributed by atoms with Crippen LogP contribution in [0.4, 0.5) is 0 Å². The van der Waals surface area contributed by atoms with E-state index in [0.29, 0.717) is 0 Å². The first-order valence-electron chi connectivity index (χ1n) is 9.61. The van der Waals surface area contributed by atoms with Gasteiger partial charge in [-0.15, -0.1) is 0 Å². The predicted octanol–water partition coefficient (Wildman–Crippen LogP) is -0.299. The second-order valence-corrected chi connectivity index (χ2v) is 7.70. The van der Waals surface area contributed by atoms with E-state index in [1.807, 2.05) is 6.07 Å². The number of hydrogen-bond acceptors (Lipinski definition) is 6. The van der Waals surface area contributed by atoms with Crippen molar-refractivity contribution in [2.24, 2.45) is 11.7 Å². The lowest BCUT2D eigenvalue weighted by Crippen LogP contribution is -2.58. The highest BCUT2D eigenvalue weighted by Gasteiger charge is 2.29. The maximum Gasteiger partial charge on any atom is 0.325 e. The molecule has 0 aromatic heterocycles. The van der Waals surface area contributed by atoms with E-state index < -0.39 is 47.9 Å². The zero-order valence-corrected chi connectivity index (χ0v) is 18.2. The monoisotopic (exact) mass is 438 g/mol. The fraction of sp³-hybridized carbons (Fsp3) is 0.500. The standard InChI is InChI=1S/C20H30N4O5S/c1-11(2)16(21)19(27)24-15(10-30)18(26)23-14(9-13-7-5-4-6-8-13)17(25)22-12(3)20(28)29/h4-8,11-12,14-16,30H,9-10,21H2,1-3H3,(H,22,25)(H,23,26)(H,24,27)(H,28,29). The van der Waals surface area contributed by atoms with E-state index in [4.69, 9.17) is 10.8 Å². The van der Waals surface area contributed by atoms with Gasteiger partial charge < -0.3 is 26.8 Å². The number of hydrogen-bond donors (Lipinski definition) is 6. The highest BCUT2D eigenvalue weighted by molar-refractivity contribution is 7.80. The van der Waals surface area contributed by atoms with Crippen molar-refractivity contribution in [1.29, 1.82) is 0 Å². The molecule has 6 N–H and O–H groups in total. The predicted molar refractivity (Wildman–Crippen MR) is 116 cm³/mol. The molecular weight excluding hydrogens is 408 g/mol. The summed E-state index contributed by atoms with van der Waals surface area (Å²) < 4.78 is 0. The van der Waals surface area contributed by atoms with Gasteiger partial charge in [-0.1, -0.05) is 44.2 Å². The summed E-state index contributed by atoms with van der Waals surface area (Å²) in [7, 11) is 0. The largest absolute Gasteiger partial charge is 0.480 e. The minimum absolute atomic E-state index is 0.00636. The lowest BCUT2D eigenvalue weighted by molar-refractivity contribution is -0.141. The van der Waals surface area contributed by atoms with Gasteiger partial charge in [0.2, 0.25) is 17.7 Å². The average Bonchev–Trinajstić information content (AvgIpc) is 2.70. The lowest BCUT2D eigenvalue weighted by Gasteiger charge is -2.24. The van der Waals surface area contributed by atoms with E-state index in [2.05, 4.69) is 28.6 Å². The molecule has 1 aromatic rings. The number of carbonyl (C=O) groups excluding carboxylic acids is 3. The fourth-order valence-electron chi connectivity index (χ4n) is 2.47. The average molecular weight is 439 g/mol. The molecule has 0 fully saturated rings. The van der Waals surface area contributed by atoms with E-state index in [1.54, 1.807) is 38.1 Å². The van der Waals surface area contributed by atoms with Gasteiger partial charge in [-0.25, -0.2) is 0 Å². The van der Waals surface area contributed by atoms with Crippen LogP contribution in [0.15, 0.2) is 30.3 Å². The SMILES string of the molecule is CC(NC(=O)C(Cc1ccccc1)NC(=O)C(CS)NC(=O)C(N)C(C)C)C(=O)O. The molecule has 166 valence electrons. The van der Waals surface area contributed by atoms with Crippen molar-refractivity contribution >= 4 is 36.3 Å². The molecule has 0 saturated carbocycles. The van der Waals surface area contributed by atoms with Gasteiger partial charge in [0.05, 0.1) is 6.04 Å². The molecular formula is C20H30N4O5S. The molecule has 0 heterocycles. The Bertz CT molecular complexity index is 744. The number of carbonyl (C=O) groups is 4. The van der Waals surface area contributed by atoms with Crippen LogP contribution in [0.3, 0.4) is 0 Å². The molecule has 4 atom stereocenters. The van der Waals surface area contributed by atoms with Gasteiger partial charge in [-0.3, -0.25) is 19.2 Å². The van der Waals surface area contributed by atoms with Crippen LogP contribution >= 0.6 is 12.6 Å². The molecule has 0 saturated heterocycles. The van der Waals surface area contributed by atoms with Crippen LogP contribution in [0.25, 0.3) is 0 Å². The van der Waals surface area contributed by atoms with Gasteiger partial charge >= 0.3 is 5.97 Å². The number of carboxylic acids is 1. The first kappa shape index (κ1) is 25.4. The van der Waals surface area contributed by atoms with Crippen molar-refractivity contribution in [1.82, 2.24) is 16.0 Å². The molecule has 30 heavy (non-hydrogen) atoms. The Morgan fingerprint density at radius 2 is 1.47 bits per heavy atom. The van der Waals surface area contributed by atoms with Gasteiger partial charge in [-0.2, -0.15) is 12.6 Å². The summed E-state index contributed by atoms with van der Waals surface area (Å²) >= 11 is 4.11. The van der Waals surface area contributed by atoms with E-state index in [1.165, 1.54) is 6.92 Å². The summed E-state index contributed by atoms with van der Waals surface area (Å²) in [6.07, 6.45) is 0.142. The summed E-state index contributed by atoms with van der Waals surface area (Å²) in [6, 6.07) is 4.99. The number of benzene rings is 1. The van der Waals surface area contributed by atoms with E-state index in [-0.39, 0.29) is 18.1 Å². The van der Waals surface area contributed by atoms with E-state index in [0.717, 1.165) is 5.56 Å². The Morgan fingerprint density at radius 1 is 0.933 bits per heavy atom. The zero-order chi connectivity index (χ0) is 22.8. The maximum absolute atomic E-state index is 12.7. The van der Waals surface area contributed by atoms with Crippen LogP contribution in [0.1, 0.15) is 26.3 Å². The van der Waals surface area contributed by atoms with Crippen LogP contribution in [0, 0.1) is 5.92 Å². The second-order valence-electron chi connectivity index (χ2n) is 7.33. The Morgan fingerprint density at radius 3 is 1.97 bits per heavy atom. The molecule has 0 bridgehead atoms. The van der Waals surface area contributed by atoms with Gasteiger partial charge in [0, 0.05) is 12.2 Å². The molecule has 1 aromatic carbocycles. The summed E-state index contributed by atoms with van der Waals surface area (Å²) in [5, 5.41) is 16.5. The Labute approximate surface area is 181 Å². The van der Waals surface area contributed by atoms with Crippen LogP contribution < -0.4 is 21.7 Å². The number of nitrogens with one attached hydrogen (secondary N) is 3. The van der Waals surface area contributed by atoms with Crippen molar-refractivity contribution < 1.29 is 24.3 Å². The molecule has 0 spiro atoms. The van der Waals surface area contributed by atoms with Gasteiger partial charge in [0.15, 0.2) is 0 Å². The quantitative estimate of drug-likeness (QED) is 0.261. The molecule has 4 unspecified atom stereocenters. The molecule has 1 rings (SSSR count). The van der Waals surface area contributed by atoms with Crippen LogP contribution in [-0.2, 0) is 25.6 Å². The van der Waals surface area contributed by atoms with Gasteiger partial charge in [0.1, 0.15) is 18.1 Å². The first-order valence-corrected chi connectivity index (χ1v) is 10.2. The summed E-state index contributed by atoms with van der Waals surface area (Å²) in [5.41, 5.74) is 6.58. The van der Waals surface area contributed by atoms with Crippen molar-refractivity contribution in [3.63, 3.8) is 0 Å². The Kier molecular flexibility index (Phi) is 10.3. The molecule has 0 aliphatic carbocycles.